The molecule has 0 spiro atoms. The zero-order chi connectivity index (χ0) is 24.4. The van der Waals surface area contributed by atoms with Crippen molar-refractivity contribution in [2.45, 2.75) is 0 Å². The summed E-state index contributed by atoms with van der Waals surface area (Å²) in [5.41, 5.74) is 1.82. The number of thiocarbonyl (C=S) groups is 1. The number of hydrogen-bond donors (Lipinski definition) is 1. The standard InChI is InChI=1S/C24H21N3O5S2/c1-4-11-26-23(30)21(34-24(26)33)20-15-7-5-6-8-17(15)27(22(20)29)13-19(28)25-16-10-9-14(31-2)12-18(16)32-3/h4-10,12H,1,11,13H2,2-3H3,(H,25,28)/b21-20-. The summed E-state index contributed by atoms with van der Waals surface area (Å²) in [6.45, 7) is 3.66. The first-order chi connectivity index (χ1) is 16.4. The van der Waals surface area contributed by atoms with Crippen LogP contribution in [-0.4, -0.2) is 54.3 Å². The monoisotopic (exact) mass is 495 g/mol. The van der Waals surface area contributed by atoms with Gasteiger partial charge < -0.3 is 14.8 Å². The van der Waals surface area contributed by atoms with E-state index in [0.717, 1.165) is 11.8 Å². The van der Waals surface area contributed by atoms with Crippen LogP contribution >= 0.6 is 24.0 Å². The van der Waals surface area contributed by atoms with E-state index in [1.54, 1.807) is 48.5 Å². The van der Waals surface area contributed by atoms with Gasteiger partial charge in [0.25, 0.3) is 11.8 Å². The molecule has 4 rings (SSSR count). The molecule has 2 aromatic rings. The van der Waals surface area contributed by atoms with Gasteiger partial charge in [0.05, 0.1) is 36.1 Å². The molecule has 1 saturated heterocycles. The highest BCUT2D eigenvalue weighted by Gasteiger charge is 2.42. The highest BCUT2D eigenvalue weighted by Crippen LogP contribution is 2.44. The molecule has 0 unspecified atom stereocenters. The molecule has 10 heteroatoms. The van der Waals surface area contributed by atoms with Crippen molar-refractivity contribution in [3.05, 3.63) is 65.6 Å². The summed E-state index contributed by atoms with van der Waals surface area (Å²) in [5.74, 6) is -0.198. The fraction of sp³-hybridized carbons (Fsp3) is 0.167. The summed E-state index contributed by atoms with van der Waals surface area (Å²) in [6, 6.07) is 12.1. The number of fused-ring (bicyclic) bond motifs is 1. The van der Waals surface area contributed by atoms with Crippen LogP contribution < -0.4 is 19.7 Å². The molecule has 34 heavy (non-hydrogen) atoms. The van der Waals surface area contributed by atoms with Gasteiger partial charge in [0.1, 0.15) is 22.4 Å². The fourth-order valence-electron chi connectivity index (χ4n) is 3.73. The van der Waals surface area contributed by atoms with E-state index in [2.05, 4.69) is 11.9 Å². The maximum atomic E-state index is 13.5. The van der Waals surface area contributed by atoms with Gasteiger partial charge in [-0.1, -0.05) is 48.3 Å². The average Bonchev–Trinajstić information content (AvgIpc) is 3.27. The molecule has 0 saturated carbocycles. The second kappa shape index (κ2) is 9.70. The van der Waals surface area contributed by atoms with Gasteiger partial charge in [-0.3, -0.25) is 24.2 Å². The Labute approximate surface area is 206 Å². The molecular weight excluding hydrogens is 474 g/mol. The van der Waals surface area contributed by atoms with E-state index in [1.165, 1.54) is 24.0 Å². The summed E-state index contributed by atoms with van der Waals surface area (Å²) in [6.07, 6.45) is 1.58. The van der Waals surface area contributed by atoms with Crippen molar-refractivity contribution < 1.29 is 23.9 Å². The van der Waals surface area contributed by atoms with Crippen LogP contribution in [0.15, 0.2) is 60.0 Å². The largest absolute Gasteiger partial charge is 0.497 e. The van der Waals surface area contributed by atoms with Gasteiger partial charge in [0.15, 0.2) is 0 Å². The number of nitrogens with one attached hydrogen (secondary N) is 1. The van der Waals surface area contributed by atoms with Gasteiger partial charge in [-0.2, -0.15) is 0 Å². The van der Waals surface area contributed by atoms with Gasteiger partial charge in [0, 0.05) is 18.2 Å². The lowest BCUT2D eigenvalue weighted by molar-refractivity contribution is -0.122. The zero-order valence-corrected chi connectivity index (χ0v) is 20.1. The van der Waals surface area contributed by atoms with Crippen molar-refractivity contribution in [3.63, 3.8) is 0 Å². The maximum absolute atomic E-state index is 13.5. The van der Waals surface area contributed by atoms with Crippen LogP contribution in [0.2, 0.25) is 0 Å². The maximum Gasteiger partial charge on any atom is 0.267 e. The smallest absolute Gasteiger partial charge is 0.267 e. The van der Waals surface area contributed by atoms with Crippen LogP contribution in [0.25, 0.3) is 5.57 Å². The van der Waals surface area contributed by atoms with Crippen LogP contribution in [0.3, 0.4) is 0 Å². The molecular formula is C24H21N3O5S2. The number of hydrogen-bond acceptors (Lipinski definition) is 7. The lowest BCUT2D eigenvalue weighted by Gasteiger charge is -2.18. The Hall–Kier alpha value is -3.63. The van der Waals surface area contributed by atoms with Crippen LogP contribution in [0.4, 0.5) is 11.4 Å². The number of benzene rings is 2. The molecule has 3 amide bonds. The van der Waals surface area contributed by atoms with Crippen molar-refractivity contribution >= 4 is 63.0 Å². The van der Waals surface area contributed by atoms with Crippen molar-refractivity contribution in [2.75, 3.05) is 37.5 Å². The summed E-state index contributed by atoms with van der Waals surface area (Å²) >= 11 is 6.40. The summed E-state index contributed by atoms with van der Waals surface area (Å²) in [4.78, 5) is 42.4. The number of carbonyl (C=O) groups is 3. The lowest BCUT2D eigenvalue weighted by Crippen LogP contribution is -2.35. The van der Waals surface area contributed by atoms with Gasteiger partial charge in [-0.25, -0.2) is 0 Å². The molecule has 0 atom stereocenters. The van der Waals surface area contributed by atoms with E-state index in [9.17, 15) is 14.4 Å². The van der Waals surface area contributed by atoms with E-state index in [1.807, 2.05) is 0 Å². The molecule has 8 nitrogen and oxygen atoms in total. The van der Waals surface area contributed by atoms with Gasteiger partial charge in [0.2, 0.25) is 5.91 Å². The Bertz CT molecular complexity index is 1260. The Morgan fingerprint density at radius 2 is 1.88 bits per heavy atom. The van der Waals surface area contributed by atoms with E-state index in [4.69, 9.17) is 21.7 Å². The number of methoxy groups -OCH3 is 2. The molecule has 2 heterocycles. The molecule has 0 aromatic heterocycles. The Kier molecular flexibility index (Phi) is 6.71. The van der Waals surface area contributed by atoms with E-state index in [0.29, 0.717) is 32.8 Å². The Morgan fingerprint density at radius 3 is 2.59 bits per heavy atom. The molecule has 174 valence electrons. The first-order valence-electron chi connectivity index (χ1n) is 10.2. The van der Waals surface area contributed by atoms with Crippen molar-refractivity contribution in [1.82, 2.24) is 4.90 Å². The Balaban J connectivity index is 1.63. The average molecular weight is 496 g/mol. The number of carbonyl (C=O) groups excluding carboxylic acids is 3. The molecule has 2 aliphatic rings. The molecule has 0 bridgehead atoms. The van der Waals surface area contributed by atoms with E-state index >= 15 is 0 Å². The third-order valence-electron chi connectivity index (χ3n) is 5.30. The highest BCUT2D eigenvalue weighted by molar-refractivity contribution is 8.26. The molecule has 2 aliphatic heterocycles. The topological polar surface area (TPSA) is 88.2 Å². The van der Waals surface area contributed by atoms with Crippen molar-refractivity contribution in [1.29, 1.82) is 0 Å². The minimum absolute atomic E-state index is 0.245. The minimum Gasteiger partial charge on any atom is -0.497 e. The third kappa shape index (κ3) is 4.17. The lowest BCUT2D eigenvalue weighted by atomic mass is 10.1. The Morgan fingerprint density at radius 1 is 1.12 bits per heavy atom. The molecule has 0 radical (unpaired) electrons. The number of rotatable bonds is 7. The number of anilines is 2. The van der Waals surface area contributed by atoms with Crippen LogP contribution in [0, 0.1) is 0 Å². The molecule has 1 N–H and O–H groups in total. The van der Waals surface area contributed by atoms with Gasteiger partial charge in [-0.05, 0) is 18.2 Å². The number of nitrogens with zero attached hydrogens (tertiary/aromatic N) is 2. The van der Waals surface area contributed by atoms with Crippen LogP contribution in [0.1, 0.15) is 5.56 Å². The van der Waals surface area contributed by atoms with Crippen molar-refractivity contribution in [3.8, 4) is 11.5 Å². The molecule has 0 aliphatic carbocycles. The minimum atomic E-state index is -0.433. The third-order valence-corrected chi connectivity index (χ3v) is 6.74. The number of para-hydroxylation sites is 1. The van der Waals surface area contributed by atoms with Crippen LogP contribution in [-0.2, 0) is 14.4 Å². The quantitative estimate of drug-likeness (QED) is 0.358. The number of thioether (sulfide) groups is 1. The second-order valence-electron chi connectivity index (χ2n) is 7.30. The number of ether oxygens (including phenoxy) is 2. The molecule has 2 aromatic carbocycles. The first-order valence-corrected chi connectivity index (χ1v) is 11.4. The van der Waals surface area contributed by atoms with Gasteiger partial charge >= 0.3 is 0 Å². The predicted octanol–water partition coefficient (Wildman–Crippen LogP) is 3.45. The fourth-order valence-corrected chi connectivity index (χ4v) is 5.07. The predicted molar refractivity (Wildman–Crippen MR) is 136 cm³/mol. The molecule has 1 fully saturated rings. The highest BCUT2D eigenvalue weighted by atomic mass is 32.2. The van der Waals surface area contributed by atoms with Crippen LogP contribution in [0.5, 0.6) is 11.5 Å². The van der Waals surface area contributed by atoms with E-state index in [-0.39, 0.29) is 29.5 Å². The zero-order valence-electron chi connectivity index (χ0n) is 18.5. The van der Waals surface area contributed by atoms with Gasteiger partial charge in [-0.15, -0.1) is 6.58 Å². The van der Waals surface area contributed by atoms with E-state index < -0.39 is 11.8 Å². The summed E-state index contributed by atoms with van der Waals surface area (Å²) < 4.78 is 10.9. The SMILES string of the molecule is C=CCN1C(=O)/C(=C2/C(=O)N(CC(=O)Nc3ccc(OC)cc3OC)c3ccccc32)SC1=S. The number of amides is 3. The summed E-state index contributed by atoms with van der Waals surface area (Å²) in [5, 5.41) is 2.77. The summed E-state index contributed by atoms with van der Waals surface area (Å²) in [7, 11) is 3.02. The normalized spacial score (nSPS) is 17.2. The van der Waals surface area contributed by atoms with Crippen molar-refractivity contribution in [2.24, 2.45) is 0 Å². The second-order valence-corrected chi connectivity index (χ2v) is 8.94. The first kappa shape index (κ1) is 23.5.